The number of benzene rings is 6. The summed E-state index contributed by atoms with van der Waals surface area (Å²) < 4.78 is 9.05. The molecule has 6 aromatic carbocycles. The third-order valence-electron chi connectivity index (χ3n) is 7.21. The molecular formula is C34H21NOS. The lowest BCUT2D eigenvalue weighted by Crippen LogP contribution is -2.09. The van der Waals surface area contributed by atoms with Gasteiger partial charge in [-0.25, -0.2) is 0 Å². The Labute approximate surface area is 217 Å². The Balaban J connectivity index is 1.50. The fraction of sp³-hybridized carbons (Fsp3) is 0. The van der Waals surface area contributed by atoms with Crippen molar-refractivity contribution >= 4 is 81.3 Å². The minimum absolute atomic E-state index is 0.902. The second kappa shape index (κ2) is 7.95. The van der Waals surface area contributed by atoms with Gasteiger partial charge in [0.15, 0.2) is 0 Å². The molecule has 0 radical (unpaired) electrons. The number of hydrogen-bond acceptors (Lipinski definition) is 3. The van der Waals surface area contributed by atoms with Gasteiger partial charge in [0.05, 0.1) is 11.1 Å². The van der Waals surface area contributed by atoms with Crippen LogP contribution in [0.5, 0.6) is 0 Å². The summed E-state index contributed by atoms with van der Waals surface area (Å²) in [6.45, 7) is 0. The Hall–Kier alpha value is -4.60. The van der Waals surface area contributed by atoms with Gasteiger partial charge in [0, 0.05) is 36.9 Å². The van der Waals surface area contributed by atoms with Crippen LogP contribution in [0.15, 0.2) is 132 Å². The number of thiophene rings is 1. The van der Waals surface area contributed by atoms with Gasteiger partial charge in [-0.1, -0.05) is 66.7 Å². The minimum atomic E-state index is 0.902. The zero-order valence-corrected chi connectivity index (χ0v) is 20.7. The number of fused-ring (bicyclic) bond motifs is 8. The fourth-order valence-electron chi connectivity index (χ4n) is 5.57. The van der Waals surface area contributed by atoms with E-state index in [1.165, 1.54) is 36.3 Å². The molecule has 37 heavy (non-hydrogen) atoms. The van der Waals surface area contributed by atoms with Gasteiger partial charge in [0.25, 0.3) is 0 Å². The van der Waals surface area contributed by atoms with Crippen LogP contribution in [0.2, 0.25) is 0 Å². The lowest BCUT2D eigenvalue weighted by molar-refractivity contribution is 0.669. The Morgan fingerprint density at radius 1 is 0.514 bits per heavy atom. The van der Waals surface area contributed by atoms with Gasteiger partial charge >= 0.3 is 0 Å². The van der Waals surface area contributed by atoms with E-state index in [0.717, 1.165) is 33.6 Å². The first-order valence-corrected chi connectivity index (χ1v) is 13.3. The lowest BCUT2D eigenvalue weighted by Gasteiger charge is -2.26. The number of furan rings is 1. The van der Waals surface area contributed by atoms with E-state index in [2.05, 4.69) is 132 Å². The highest BCUT2D eigenvalue weighted by Crippen LogP contribution is 2.47. The largest absolute Gasteiger partial charge is 0.456 e. The van der Waals surface area contributed by atoms with E-state index in [0.29, 0.717) is 0 Å². The molecule has 0 saturated carbocycles. The van der Waals surface area contributed by atoms with E-state index in [9.17, 15) is 0 Å². The second-order valence-electron chi connectivity index (χ2n) is 9.37. The average molecular weight is 492 g/mol. The topological polar surface area (TPSA) is 16.4 Å². The number of nitrogens with zero attached hydrogens (tertiary/aromatic N) is 1. The van der Waals surface area contributed by atoms with Crippen molar-refractivity contribution < 1.29 is 4.42 Å². The van der Waals surface area contributed by atoms with Crippen LogP contribution >= 0.6 is 11.3 Å². The van der Waals surface area contributed by atoms with Crippen molar-refractivity contribution in [1.29, 1.82) is 0 Å². The van der Waals surface area contributed by atoms with Gasteiger partial charge in [-0.2, -0.15) is 0 Å². The van der Waals surface area contributed by atoms with Crippen molar-refractivity contribution in [1.82, 2.24) is 0 Å². The maximum Gasteiger partial charge on any atom is 0.137 e. The summed E-state index contributed by atoms with van der Waals surface area (Å²) in [6, 6.07) is 45.1. The molecule has 2 nitrogen and oxygen atoms in total. The number of para-hydroxylation sites is 2. The Morgan fingerprint density at radius 3 is 1.89 bits per heavy atom. The quantitative estimate of drug-likeness (QED) is 0.244. The average Bonchev–Trinajstić information content (AvgIpc) is 3.51. The summed E-state index contributed by atoms with van der Waals surface area (Å²) in [5, 5.41) is 7.45. The number of hydrogen-bond donors (Lipinski definition) is 0. The number of rotatable bonds is 3. The highest BCUT2D eigenvalue weighted by Gasteiger charge is 2.21. The van der Waals surface area contributed by atoms with Crippen LogP contribution in [0, 0.1) is 0 Å². The smallest absolute Gasteiger partial charge is 0.137 e. The van der Waals surface area contributed by atoms with Crippen molar-refractivity contribution in [2.45, 2.75) is 0 Å². The molecule has 0 N–H and O–H groups in total. The van der Waals surface area contributed by atoms with E-state index >= 15 is 0 Å². The van der Waals surface area contributed by atoms with Gasteiger partial charge in [0.1, 0.15) is 11.2 Å². The van der Waals surface area contributed by atoms with Crippen molar-refractivity contribution in [2.75, 3.05) is 4.90 Å². The van der Waals surface area contributed by atoms with Gasteiger partial charge in [-0.3, -0.25) is 0 Å². The first-order chi connectivity index (χ1) is 18.3. The molecular weight excluding hydrogens is 470 g/mol. The Morgan fingerprint density at radius 2 is 1.16 bits per heavy atom. The van der Waals surface area contributed by atoms with Crippen LogP contribution in [0.3, 0.4) is 0 Å². The van der Waals surface area contributed by atoms with Crippen LogP contribution in [-0.2, 0) is 0 Å². The standard InChI is InChI=1S/C34H21NOS/c1-3-12-24(13-4-1)35(25-14-5-2-6-15-25)28-16-9-17-29-32(28)33-30(36-29)19-18-26-27-20-22-10-7-8-11-23(22)21-31(27)37-34(26)33/h1-21H. The van der Waals surface area contributed by atoms with Gasteiger partial charge in [0.2, 0.25) is 0 Å². The van der Waals surface area contributed by atoms with Crippen molar-refractivity contribution in [3.8, 4) is 0 Å². The summed E-state index contributed by atoms with van der Waals surface area (Å²) in [6.07, 6.45) is 0. The second-order valence-corrected chi connectivity index (χ2v) is 10.4. The monoisotopic (exact) mass is 491 g/mol. The predicted molar refractivity (Wildman–Crippen MR) is 159 cm³/mol. The highest BCUT2D eigenvalue weighted by molar-refractivity contribution is 7.26. The maximum absolute atomic E-state index is 6.48. The molecule has 8 aromatic rings. The van der Waals surface area contributed by atoms with E-state index in [4.69, 9.17) is 4.42 Å². The third-order valence-corrected chi connectivity index (χ3v) is 8.40. The van der Waals surface area contributed by atoms with Crippen LogP contribution < -0.4 is 4.90 Å². The summed E-state index contributed by atoms with van der Waals surface area (Å²) in [4.78, 5) is 2.33. The molecule has 0 unspecified atom stereocenters. The molecule has 2 heterocycles. The zero-order chi connectivity index (χ0) is 24.3. The van der Waals surface area contributed by atoms with Crippen LogP contribution in [0.1, 0.15) is 0 Å². The van der Waals surface area contributed by atoms with Crippen LogP contribution in [0.4, 0.5) is 17.1 Å². The summed E-state index contributed by atoms with van der Waals surface area (Å²) in [7, 11) is 0. The molecule has 0 atom stereocenters. The van der Waals surface area contributed by atoms with Gasteiger partial charge < -0.3 is 9.32 Å². The molecule has 0 aliphatic carbocycles. The summed E-state index contributed by atoms with van der Waals surface area (Å²) >= 11 is 1.86. The maximum atomic E-state index is 6.48. The van der Waals surface area contributed by atoms with Crippen molar-refractivity contribution in [3.05, 3.63) is 127 Å². The molecule has 0 spiro atoms. The summed E-state index contributed by atoms with van der Waals surface area (Å²) in [5.41, 5.74) is 5.17. The van der Waals surface area contributed by atoms with Gasteiger partial charge in [-0.05, 0) is 71.4 Å². The molecule has 3 heteroatoms. The Kier molecular flexibility index (Phi) is 4.42. The van der Waals surface area contributed by atoms with E-state index in [-0.39, 0.29) is 0 Å². The fourth-order valence-corrected chi connectivity index (χ4v) is 6.85. The number of anilines is 3. The minimum Gasteiger partial charge on any atom is -0.456 e. The van der Waals surface area contributed by atoms with Crippen molar-refractivity contribution in [3.63, 3.8) is 0 Å². The van der Waals surface area contributed by atoms with Crippen LogP contribution in [0.25, 0.3) is 52.9 Å². The molecule has 2 aromatic heterocycles. The predicted octanol–water partition coefficient (Wildman–Crippen LogP) is 10.6. The van der Waals surface area contributed by atoms with Crippen molar-refractivity contribution in [2.24, 2.45) is 0 Å². The normalized spacial score (nSPS) is 11.8. The SMILES string of the molecule is c1ccc(N(c2ccccc2)c2cccc3oc4ccc5c6cc7ccccc7cc6sc5c4c23)cc1. The zero-order valence-electron chi connectivity index (χ0n) is 19.9. The first-order valence-electron chi connectivity index (χ1n) is 12.4. The molecule has 0 aliphatic rings. The molecule has 8 rings (SSSR count). The van der Waals surface area contributed by atoms with E-state index < -0.39 is 0 Å². The molecule has 0 aliphatic heterocycles. The lowest BCUT2D eigenvalue weighted by atomic mass is 10.0. The van der Waals surface area contributed by atoms with Gasteiger partial charge in [-0.15, -0.1) is 11.3 Å². The summed E-state index contributed by atoms with van der Waals surface area (Å²) in [5.74, 6) is 0. The molecule has 0 fully saturated rings. The molecule has 0 saturated heterocycles. The van der Waals surface area contributed by atoms with Crippen LogP contribution in [-0.4, -0.2) is 0 Å². The van der Waals surface area contributed by atoms with E-state index in [1.54, 1.807) is 0 Å². The van der Waals surface area contributed by atoms with E-state index in [1.807, 2.05) is 11.3 Å². The molecule has 0 amide bonds. The molecule has 0 bridgehead atoms. The Bertz CT molecular complexity index is 2050. The molecule has 174 valence electrons. The highest BCUT2D eigenvalue weighted by atomic mass is 32.1. The first kappa shape index (κ1) is 20.6. The third kappa shape index (κ3) is 3.11.